The first-order chi connectivity index (χ1) is 16.0. The van der Waals surface area contributed by atoms with Crippen LogP contribution >= 0.6 is 23.8 Å². The third-order valence-electron chi connectivity index (χ3n) is 4.92. The van der Waals surface area contributed by atoms with Crippen LogP contribution in [0.25, 0.3) is 11.1 Å². The van der Waals surface area contributed by atoms with Crippen LogP contribution in [-0.4, -0.2) is 22.6 Å². The third kappa shape index (κ3) is 6.09. The summed E-state index contributed by atoms with van der Waals surface area (Å²) in [6.07, 6.45) is 1.54. The summed E-state index contributed by atoms with van der Waals surface area (Å²) >= 11 is 11.2. The van der Waals surface area contributed by atoms with Crippen LogP contribution in [0.15, 0.2) is 71.1 Å². The van der Waals surface area contributed by atoms with Gasteiger partial charge in [-0.15, -0.1) is 0 Å². The molecule has 8 heteroatoms. The van der Waals surface area contributed by atoms with Gasteiger partial charge < -0.3 is 14.5 Å². The minimum Gasteiger partial charge on any atom is -0.482 e. The van der Waals surface area contributed by atoms with E-state index in [2.05, 4.69) is 34.7 Å². The molecular formula is C25H22ClN3O3S. The average molecular weight is 480 g/mol. The largest absolute Gasteiger partial charge is 0.482 e. The van der Waals surface area contributed by atoms with E-state index >= 15 is 0 Å². The second kappa shape index (κ2) is 10.5. The van der Waals surface area contributed by atoms with Gasteiger partial charge in [0.25, 0.3) is 5.91 Å². The molecule has 3 aromatic carbocycles. The molecule has 4 rings (SSSR count). The van der Waals surface area contributed by atoms with Crippen molar-refractivity contribution in [1.29, 1.82) is 0 Å². The summed E-state index contributed by atoms with van der Waals surface area (Å²) in [5, 5.41) is 6.19. The molecule has 0 aliphatic carbocycles. The zero-order chi connectivity index (χ0) is 23.2. The van der Waals surface area contributed by atoms with Crippen LogP contribution in [0.1, 0.15) is 23.9 Å². The molecule has 0 unspecified atom stereocenters. The number of aryl methyl sites for hydroxylation is 1. The van der Waals surface area contributed by atoms with E-state index in [0.29, 0.717) is 23.1 Å². The summed E-state index contributed by atoms with van der Waals surface area (Å²) in [6, 6.07) is 20.7. The second-order valence-corrected chi connectivity index (χ2v) is 8.17. The summed E-state index contributed by atoms with van der Waals surface area (Å²) < 4.78 is 11.3. The van der Waals surface area contributed by atoms with Crippen LogP contribution in [0, 0.1) is 0 Å². The highest BCUT2D eigenvalue weighted by molar-refractivity contribution is 7.80. The molecule has 6 nitrogen and oxygen atoms in total. The van der Waals surface area contributed by atoms with Gasteiger partial charge in [0.15, 0.2) is 23.2 Å². The Morgan fingerprint density at radius 2 is 1.85 bits per heavy atom. The van der Waals surface area contributed by atoms with Crippen molar-refractivity contribution in [2.45, 2.75) is 19.8 Å². The van der Waals surface area contributed by atoms with E-state index in [1.165, 1.54) is 5.56 Å². The molecule has 33 heavy (non-hydrogen) atoms. The summed E-state index contributed by atoms with van der Waals surface area (Å²) in [5.41, 5.74) is 4.70. The maximum Gasteiger partial charge on any atom is 0.264 e. The SMILES string of the molecule is CCc1ccc2oc(Cc3ccc(NC(=S)NC(=O)COc4ccccc4Cl)cc3)nc2c1. The smallest absolute Gasteiger partial charge is 0.264 e. The van der Waals surface area contributed by atoms with Crippen molar-refractivity contribution in [2.75, 3.05) is 11.9 Å². The summed E-state index contributed by atoms with van der Waals surface area (Å²) in [4.78, 5) is 16.7. The first-order valence-electron chi connectivity index (χ1n) is 10.5. The lowest BCUT2D eigenvalue weighted by Crippen LogP contribution is -2.37. The minimum atomic E-state index is -0.383. The molecule has 0 fully saturated rings. The topological polar surface area (TPSA) is 76.4 Å². The van der Waals surface area contributed by atoms with E-state index < -0.39 is 0 Å². The van der Waals surface area contributed by atoms with Gasteiger partial charge in [0.05, 0.1) is 5.02 Å². The van der Waals surface area contributed by atoms with E-state index in [9.17, 15) is 4.79 Å². The van der Waals surface area contributed by atoms with Crippen LogP contribution in [0.3, 0.4) is 0 Å². The second-order valence-electron chi connectivity index (χ2n) is 7.36. The standard InChI is InChI=1S/C25H22ClN3O3S/c1-2-16-9-12-22-20(13-16)28-24(32-22)14-17-7-10-18(11-8-17)27-25(33)29-23(30)15-31-21-6-4-3-5-19(21)26/h3-13H,2,14-15H2,1H3,(H2,27,29,30,33). The molecule has 4 aromatic rings. The van der Waals surface area contributed by atoms with Crippen LogP contribution in [0.4, 0.5) is 5.69 Å². The van der Waals surface area contributed by atoms with Gasteiger partial charge >= 0.3 is 0 Å². The van der Waals surface area contributed by atoms with Gasteiger partial charge in [0.1, 0.15) is 11.3 Å². The van der Waals surface area contributed by atoms with Gasteiger partial charge in [-0.05, 0) is 66.2 Å². The molecular weight excluding hydrogens is 458 g/mol. The van der Waals surface area contributed by atoms with E-state index in [0.717, 1.165) is 28.8 Å². The van der Waals surface area contributed by atoms with Gasteiger partial charge in [-0.3, -0.25) is 10.1 Å². The minimum absolute atomic E-state index is 0.182. The highest BCUT2D eigenvalue weighted by Gasteiger charge is 2.09. The van der Waals surface area contributed by atoms with Gasteiger partial charge in [0, 0.05) is 12.1 Å². The van der Waals surface area contributed by atoms with Gasteiger partial charge in [-0.1, -0.05) is 48.9 Å². The number of benzene rings is 3. The van der Waals surface area contributed by atoms with E-state index in [1.807, 2.05) is 30.3 Å². The molecule has 2 N–H and O–H groups in total. The normalized spacial score (nSPS) is 10.7. The Balaban J connectivity index is 1.28. The lowest BCUT2D eigenvalue weighted by molar-refractivity contribution is -0.121. The number of ether oxygens (including phenoxy) is 1. The fourth-order valence-electron chi connectivity index (χ4n) is 3.23. The number of thiocarbonyl (C=S) groups is 1. The van der Waals surface area contributed by atoms with Crippen molar-refractivity contribution >= 4 is 51.6 Å². The number of hydrogen-bond acceptors (Lipinski definition) is 5. The molecule has 0 aliphatic heterocycles. The Kier molecular flexibility index (Phi) is 7.22. The van der Waals surface area contributed by atoms with Crippen molar-refractivity contribution in [3.05, 3.63) is 88.8 Å². The Bertz CT molecular complexity index is 1290. The van der Waals surface area contributed by atoms with Crippen LogP contribution in [0.5, 0.6) is 5.75 Å². The fourth-order valence-corrected chi connectivity index (χ4v) is 3.65. The van der Waals surface area contributed by atoms with Crippen LogP contribution in [0.2, 0.25) is 5.02 Å². The summed E-state index contributed by atoms with van der Waals surface area (Å²) in [5.74, 6) is 0.722. The first-order valence-corrected chi connectivity index (χ1v) is 11.2. The zero-order valence-corrected chi connectivity index (χ0v) is 19.5. The highest BCUT2D eigenvalue weighted by Crippen LogP contribution is 2.23. The number of aromatic nitrogens is 1. The van der Waals surface area contributed by atoms with E-state index in [-0.39, 0.29) is 17.6 Å². The monoisotopic (exact) mass is 479 g/mol. The Hall–Kier alpha value is -3.42. The number of carbonyl (C=O) groups excluding carboxylic acids is 1. The summed E-state index contributed by atoms with van der Waals surface area (Å²) in [7, 11) is 0. The molecule has 1 aromatic heterocycles. The summed E-state index contributed by atoms with van der Waals surface area (Å²) in [6.45, 7) is 1.91. The quantitative estimate of drug-likeness (QED) is 0.339. The molecule has 0 radical (unpaired) electrons. The number of nitrogens with zero attached hydrogens (tertiary/aromatic N) is 1. The number of para-hydroxylation sites is 1. The molecule has 0 bridgehead atoms. The molecule has 1 heterocycles. The number of oxazole rings is 1. The fraction of sp³-hybridized carbons (Fsp3) is 0.160. The predicted molar refractivity (Wildman–Crippen MR) is 134 cm³/mol. The molecule has 0 atom stereocenters. The molecule has 1 amide bonds. The van der Waals surface area contributed by atoms with Gasteiger partial charge in [-0.25, -0.2) is 4.98 Å². The Labute approximate surface area is 201 Å². The predicted octanol–water partition coefficient (Wildman–Crippen LogP) is 5.53. The number of rotatable bonds is 7. The number of amides is 1. The number of halogens is 1. The molecule has 0 spiro atoms. The average Bonchev–Trinajstić information content (AvgIpc) is 3.21. The maximum absolute atomic E-state index is 12.1. The highest BCUT2D eigenvalue weighted by atomic mass is 35.5. The number of hydrogen-bond donors (Lipinski definition) is 2. The lowest BCUT2D eigenvalue weighted by Gasteiger charge is -2.11. The third-order valence-corrected chi connectivity index (χ3v) is 5.44. The maximum atomic E-state index is 12.1. The van der Waals surface area contributed by atoms with Crippen molar-refractivity contribution in [1.82, 2.24) is 10.3 Å². The van der Waals surface area contributed by atoms with Crippen molar-refractivity contribution in [3.8, 4) is 5.75 Å². The van der Waals surface area contributed by atoms with Crippen molar-refractivity contribution in [3.63, 3.8) is 0 Å². The molecule has 0 aliphatic rings. The first kappa shape index (κ1) is 22.8. The number of carbonyl (C=O) groups is 1. The van der Waals surface area contributed by atoms with Gasteiger partial charge in [0.2, 0.25) is 0 Å². The molecule has 0 saturated heterocycles. The Morgan fingerprint density at radius 3 is 2.61 bits per heavy atom. The van der Waals surface area contributed by atoms with E-state index in [1.54, 1.807) is 24.3 Å². The van der Waals surface area contributed by atoms with Crippen molar-refractivity contribution < 1.29 is 13.9 Å². The zero-order valence-electron chi connectivity index (χ0n) is 17.9. The molecule has 168 valence electrons. The van der Waals surface area contributed by atoms with E-state index in [4.69, 9.17) is 33.0 Å². The number of nitrogens with one attached hydrogen (secondary N) is 2. The Morgan fingerprint density at radius 1 is 1.09 bits per heavy atom. The number of anilines is 1. The van der Waals surface area contributed by atoms with Crippen LogP contribution in [-0.2, 0) is 17.6 Å². The number of fused-ring (bicyclic) bond motifs is 1. The molecule has 0 saturated carbocycles. The lowest BCUT2D eigenvalue weighted by atomic mass is 10.1. The van der Waals surface area contributed by atoms with Gasteiger partial charge in [-0.2, -0.15) is 0 Å². The van der Waals surface area contributed by atoms with Crippen molar-refractivity contribution in [2.24, 2.45) is 0 Å². The van der Waals surface area contributed by atoms with Crippen LogP contribution < -0.4 is 15.4 Å².